The van der Waals surface area contributed by atoms with Crippen LogP contribution in [0.25, 0.3) is 0 Å². The van der Waals surface area contributed by atoms with Gasteiger partial charge in [-0.1, -0.05) is 33.8 Å². The molecule has 18 heavy (non-hydrogen) atoms. The highest BCUT2D eigenvalue weighted by molar-refractivity contribution is 5.37. The van der Waals surface area contributed by atoms with Crippen LogP contribution in [0.5, 0.6) is 5.75 Å². The van der Waals surface area contributed by atoms with Crippen molar-refractivity contribution in [3.8, 4) is 5.75 Å². The van der Waals surface area contributed by atoms with E-state index in [1.807, 2.05) is 25.1 Å². The van der Waals surface area contributed by atoms with Gasteiger partial charge in [0.2, 0.25) is 0 Å². The van der Waals surface area contributed by atoms with Gasteiger partial charge >= 0.3 is 0 Å². The summed E-state index contributed by atoms with van der Waals surface area (Å²) in [4.78, 5) is 0. The number of benzene rings is 1. The Bertz CT molecular complexity index is 375. The first kappa shape index (κ1) is 15.0. The molecular weight excluding hydrogens is 224 g/mol. The van der Waals surface area contributed by atoms with Crippen LogP contribution in [0.2, 0.25) is 0 Å². The molecule has 1 unspecified atom stereocenters. The van der Waals surface area contributed by atoms with Crippen molar-refractivity contribution in [1.82, 2.24) is 0 Å². The van der Waals surface area contributed by atoms with Gasteiger partial charge in [-0.25, -0.2) is 0 Å². The minimum atomic E-state index is -0.408. The number of aryl methyl sites for hydroxylation is 1. The molecule has 0 fully saturated rings. The predicted octanol–water partition coefficient (Wildman–Crippen LogP) is 3.97. The Morgan fingerprint density at radius 2 is 1.61 bits per heavy atom. The number of aliphatic hydroxyl groups is 1. The van der Waals surface area contributed by atoms with Gasteiger partial charge in [-0.2, -0.15) is 0 Å². The summed E-state index contributed by atoms with van der Waals surface area (Å²) < 4.78 is 5.25. The Labute approximate surface area is 111 Å². The molecule has 0 aliphatic carbocycles. The number of hydrogen-bond donors (Lipinski definition) is 1. The van der Waals surface area contributed by atoms with Crippen LogP contribution in [0.3, 0.4) is 0 Å². The quantitative estimate of drug-likeness (QED) is 0.857. The van der Waals surface area contributed by atoms with Gasteiger partial charge in [-0.3, -0.25) is 0 Å². The van der Waals surface area contributed by atoms with Gasteiger partial charge in [-0.05, 0) is 47.9 Å². The van der Waals surface area contributed by atoms with E-state index in [-0.39, 0.29) is 5.92 Å². The molecule has 1 rings (SSSR count). The van der Waals surface area contributed by atoms with Crippen molar-refractivity contribution in [2.75, 3.05) is 7.11 Å². The predicted molar refractivity (Wildman–Crippen MR) is 75.9 cm³/mol. The lowest BCUT2D eigenvalue weighted by molar-refractivity contribution is 0.0524. The molecule has 0 heterocycles. The highest BCUT2D eigenvalue weighted by Gasteiger charge is 2.27. The smallest absolute Gasteiger partial charge is 0.121 e. The van der Waals surface area contributed by atoms with Crippen LogP contribution in [-0.2, 0) is 0 Å². The van der Waals surface area contributed by atoms with E-state index in [1.165, 1.54) is 0 Å². The zero-order valence-corrected chi connectivity index (χ0v) is 12.4. The minimum Gasteiger partial charge on any atom is -0.496 e. The fraction of sp³-hybridized carbons (Fsp3) is 0.625. The number of aliphatic hydroxyl groups excluding tert-OH is 1. The molecule has 0 aromatic heterocycles. The Hall–Kier alpha value is -1.02. The molecular formula is C16H26O2. The van der Waals surface area contributed by atoms with Gasteiger partial charge < -0.3 is 9.84 Å². The number of ether oxygens (including phenoxy) is 1. The second-order valence-electron chi connectivity index (χ2n) is 5.74. The van der Waals surface area contributed by atoms with Crippen LogP contribution in [0, 0.1) is 24.7 Å². The molecule has 0 amide bonds. The third-order valence-electron chi connectivity index (χ3n) is 3.66. The van der Waals surface area contributed by atoms with E-state index in [4.69, 9.17) is 4.74 Å². The van der Waals surface area contributed by atoms with Gasteiger partial charge in [0.05, 0.1) is 13.2 Å². The molecule has 0 bridgehead atoms. The largest absolute Gasteiger partial charge is 0.496 e. The summed E-state index contributed by atoms with van der Waals surface area (Å²) in [6.45, 7) is 10.7. The molecule has 1 aromatic carbocycles. The average Bonchev–Trinajstić information content (AvgIpc) is 2.27. The fourth-order valence-electron chi connectivity index (χ4n) is 2.81. The van der Waals surface area contributed by atoms with E-state index < -0.39 is 6.10 Å². The van der Waals surface area contributed by atoms with E-state index >= 15 is 0 Å². The third-order valence-corrected chi connectivity index (χ3v) is 3.66. The van der Waals surface area contributed by atoms with Crippen molar-refractivity contribution in [2.45, 2.75) is 40.7 Å². The Morgan fingerprint density at radius 1 is 1.06 bits per heavy atom. The van der Waals surface area contributed by atoms with Crippen molar-refractivity contribution in [2.24, 2.45) is 17.8 Å². The molecule has 0 radical (unpaired) electrons. The van der Waals surface area contributed by atoms with E-state index in [9.17, 15) is 5.11 Å². The van der Waals surface area contributed by atoms with Crippen molar-refractivity contribution < 1.29 is 9.84 Å². The van der Waals surface area contributed by atoms with Crippen molar-refractivity contribution >= 4 is 0 Å². The summed E-state index contributed by atoms with van der Waals surface area (Å²) in [7, 11) is 1.67. The SMILES string of the molecule is COc1ccc(C(O)C(C(C)C)C(C)C)cc1C. The Balaban J connectivity index is 3.02. The van der Waals surface area contributed by atoms with Crippen molar-refractivity contribution in [1.29, 1.82) is 0 Å². The normalized spacial score (nSPS) is 13.4. The summed E-state index contributed by atoms with van der Waals surface area (Å²) in [6, 6.07) is 5.93. The van der Waals surface area contributed by atoms with Gasteiger partial charge in [0.15, 0.2) is 0 Å². The maximum Gasteiger partial charge on any atom is 0.121 e. The highest BCUT2D eigenvalue weighted by Crippen LogP contribution is 2.35. The lowest BCUT2D eigenvalue weighted by Gasteiger charge is -2.30. The molecule has 0 saturated carbocycles. The van der Waals surface area contributed by atoms with E-state index in [0.29, 0.717) is 11.8 Å². The van der Waals surface area contributed by atoms with Crippen molar-refractivity contribution in [3.63, 3.8) is 0 Å². The highest BCUT2D eigenvalue weighted by atomic mass is 16.5. The minimum absolute atomic E-state index is 0.276. The maximum atomic E-state index is 10.6. The molecule has 1 atom stereocenters. The lowest BCUT2D eigenvalue weighted by Crippen LogP contribution is -2.23. The van der Waals surface area contributed by atoms with Gasteiger partial charge in [0.1, 0.15) is 5.75 Å². The number of rotatable bonds is 5. The van der Waals surface area contributed by atoms with Crippen LogP contribution >= 0.6 is 0 Å². The van der Waals surface area contributed by atoms with E-state index in [1.54, 1.807) is 7.11 Å². The van der Waals surface area contributed by atoms with Crippen LogP contribution in [-0.4, -0.2) is 12.2 Å². The molecule has 2 heteroatoms. The third kappa shape index (κ3) is 3.26. The van der Waals surface area contributed by atoms with Gasteiger partial charge in [0, 0.05) is 0 Å². The summed E-state index contributed by atoms with van der Waals surface area (Å²) in [5.41, 5.74) is 2.06. The first-order valence-corrected chi connectivity index (χ1v) is 6.71. The molecule has 0 saturated heterocycles. The van der Waals surface area contributed by atoms with E-state index in [2.05, 4.69) is 27.7 Å². The average molecular weight is 250 g/mol. The number of hydrogen-bond acceptors (Lipinski definition) is 2. The van der Waals surface area contributed by atoms with Crippen LogP contribution in [0.15, 0.2) is 18.2 Å². The monoisotopic (exact) mass is 250 g/mol. The lowest BCUT2D eigenvalue weighted by atomic mass is 9.78. The molecule has 1 N–H and O–H groups in total. The first-order valence-electron chi connectivity index (χ1n) is 6.71. The van der Waals surface area contributed by atoms with Gasteiger partial charge in [0.25, 0.3) is 0 Å². The molecule has 102 valence electrons. The molecule has 1 aromatic rings. The summed E-state index contributed by atoms with van der Waals surface area (Å²) in [5.74, 6) is 2.07. The van der Waals surface area contributed by atoms with Crippen molar-refractivity contribution in [3.05, 3.63) is 29.3 Å². The molecule has 2 nitrogen and oxygen atoms in total. The van der Waals surface area contributed by atoms with Crippen LogP contribution in [0.1, 0.15) is 44.9 Å². The molecule has 0 aliphatic heterocycles. The first-order chi connectivity index (χ1) is 8.38. The summed E-state index contributed by atoms with van der Waals surface area (Å²) >= 11 is 0. The van der Waals surface area contributed by atoms with Gasteiger partial charge in [-0.15, -0.1) is 0 Å². The molecule has 0 spiro atoms. The second-order valence-corrected chi connectivity index (χ2v) is 5.74. The zero-order valence-electron chi connectivity index (χ0n) is 12.4. The Morgan fingerprint density at radius 3 is 2.00 bits per heavy atom. The van der Waals surface area contributed by atoms with Crippen LogP contribution in [0.4, 0.5) is 0 Å². The maximum absolute atomic E-state index is 10.6. The second kappa shape index (κ2) is 6.24. The zero-order chi connectivity index (χ0) is 13.9. The number of methoxy groups -OCH3 is 1. The molecule has 0 aliphatic rings. The summed E-state index contributed by atoms with van der Waals surface area (Å²) in [5, 5.41) is 10.6. The standard InChI is InChI=1S/C16H26O2/c1-10(2)15(11(3)4)16(17)13-7-8-14(18-6)12(5)9-13/h7-11,15-17H,1-6H3. The topological polar surface area (TPSA) is 29.5 Å². The van der Waals surface area contributed by atoms with Crippen LogP contribution < -0.4 is 4.74 Å². The Kier molecular flexibility index (Phi) is 5.21. The fourth-order valence-corrected chi connectivity index (χ4v) is 2.81. The van der Waals surface area contributed by atoms with E-state index in [0.717, 1.165) is 16.9 Å². The summed E-state index contributed by atoms with van der Waals surface area (Å²) in [6.07, 6.45) is -0.408.